The lowest BCUT2D eigenvalue weighted by atomic mass is 9.68. The van der Waals surface area contributed by atoms with Gasteiger partial charge in [-0.1, -0.05) is 38.5 Å². The van der Waals surface area contributed by atoms with E-state index in [0.29, 0.717) is 5.91 Å². The Kier molecular flexibility index (Phi) is 5.26. The van der Waals surface area contributed by atoms with Crippen LogP contribution < -0.4 is 5.73 Å². The Labute approximate surface area is 117 Å². The van der Waals surface area contributed by atoms with Gasteiger partial charge in [-0.2, -0.15) is 0 Å². The minimum Gasteiger partial charge on any atom is -0.345 e. The molecule has 1 amide bonds. The number of hydrogen-bond donors (Lipinski definition) is 1. The number of carbonyl (C=O) groups excluding carboxylic acids is 1. The van der Waals surface area contributed by atoms with Crippen molar-refractivity contribution in [2.75, 3.05) is 20.1 Å². The third kappa shape index (κ3) is 3.95. The Hall–Kier alpha value is -0.570. The van der Waals surface area contributed by atoms with Crippen LogP contribution in [-0.2, 0) is 4.79 Å². The summed E-state index contributed by atoms with van der Waals surface area (Å²) < 4.78 is 0. The molecule has 2 rings (SSSR count). The van der Waals surface area contributed by atoms with Crippen molar-refractivity contribution >= 4 is 5.91 Å². The summed E-state index contributed by atoms with van der Waals surface area (Å²) in [6, 6.07) is 0. The van der Waals surface area contributed by atoms with Gasteiger partial charge in [0, 0.05) is 25.4 Å². The molecule has 0 aromatic heterocycles. The Morgan fingerprint density at radius 2 is 1.89 bits per heavy atom. The van der Waals surface area contributed by atoms with Gasteiger partial charge in [0.2, 0.25) is 5.91 Å². The molecule has 0 aromatic carbocycles. The number of hydrogen-bond acceptors (Lipinski definition) is 2. The topological polar surface area (TPSA) is 46.3 Å². The van der Waals surface area contributed by atoms with Crippen LogP contribution in [0.15, 0.2) is 0 Å². The van der Waals surface area contributed by atoms with Gasteiger partial charge in [0.15, 0.2) is 0 Å². The predicted octanol–water partition coefficient (Wildman–Crippen LogP) is 2.93. The Bertz CT molecular complexity index is 288. The zero-order chi connectivity index (χ0) is 13.7. The largest absolute Gasteiger partial charge is 0.345 e. The van der Waals surface area contributed by atoms with Gasteiger partial charge in [-0.15, -0.1) is 0 Å². The quantitative estimate of drug-likeness (QED) is 0.803. The van der Waals surface area contributed by atoms with Crippen molar-refractivity contribution in [1.82, 2.24) is 4.90 Å². The van der Waals surface area contributed by atoms with Crippen LogP contribution in [0.2, 0.25) is 0 Å². The average Bonchev–Trinajstić information content (AvgIpc) is 2.41. The van der Waals surface area contributed by atoms with E-state index in [1.165, 1.54) is 51.4 Å². The number of nitrogens with zero attached hydrogens (tertiary/aromatic N) is 1. The molecule has 0 spiro atoms. The molecule has 2 N–H and O–H groups in total. The molecule has 0 aromatic rings. The summed E-state index contributed by atoms with van der Waals surface area (Å²) >= 11 is 0. The van der Waals surface area contributed by atoms with Crippen LogP contribution in [0.25, 0.3) is 0 Å². The van der Waals surface area contributed by atoms with Crippen LogP contribution in [0.1, 0.15) is 64.2 Å². The molecule has 0 saturated heterocycles. The molecule has 0 unspecified atom stereocenters. The van der Waals surface area contributed by atoms with Gasteiger partial charge in [0.25, 0.3) is 0 Å². The normalized spacial score (nSPS) is 22.8. The maximum Gasteiger partial charge on any atom is 0.222 e. The maximum atomic E-state index is 12.2. The van der Waals surface area contributed by atoms with Gasteiger partial charge in [0.1, 0.15) is 0 Å². The Morgan fingerprint density at radius 1 is 1.21 bits per heavy atom. The Balaban J connectivity index is 1.69. The van der Waals surface area contributed by atoms with E-state index in [-0.39, 0.29) is 5.41 Å². The number of amides is 1. The molecule has 2 fully saturated rings. The van der Waals surface area contributed by atoms with Crippen molar-refractivity contribution in [2.24, 2.45) is 17.1 Å². The summed E-state index contributed by atoms with van der Waals surface area (Å²) in [5, 5.41) is 0. The van der Waals surface area contributed by atoms with Crippen LogP contribution in [0.5, 0.6) is 0 Å². The number of nitrogens with two attached hydrogens (primary N) is 1. The molecule has 3 heteroatoms. The van der Waals surface area contributed by atoms with E-state index in [9.17, 15) is 4.79 Å². The van der Waals surface area contributed by atoms with Gasteiger partial charge >= 0.3 is 0 Å². The minimum atomic E-state index is 0.245. The van der Waals surface area contributed by atoms with E-state index in [2.05, 4.69) is 0 Å². The first-order valence-corrected chi connectivity index (χ1v) is 8.09. The monoisotopic (exact) mass is 266 g/mol. The van der Waals surface area contributed by atoms with E-state index in [0.717, 1.165) is 31.8 Å². The second-order valence-corrected chi connectivity index (χ2v) is 6.85. The standard InChI is InChI=1S/C16H30N2O/c1-18(13-16(12-17)10-5-11-16)15(19)9-8-14-6-3-2-4-7-14/h14H,2-13,17H2,1H3. The van der Waals surface area contributed by atoms with E-state index >= 15 is 0 Å². The van der Waals surface area contributed by atoms with Crippen molar-refractivity contribution in [2.45, 2.75) is 64.2 Å². The van der Waals surface area contributed by atoms with Crippen molar-refractivity contribution in [3.63, 3.8) is 0 Å². The maximum absolute atomic E-state index is 12.2. The summed E-state index contributed by atoms with van der Waals surface area (Å²) in [5.41, 5.74) is 6.12. The van der Waals surface area contributed by atoms with Crippen LogP contribution in [0.4, 0.5) is 0 Å². The van der Waals surface area contributed by atoms with E-state index in [1.807, 2.05) is 11.9 Å². The molecule has 3 nitrogen and oxygen atoms in total. The second-order valence-electron chi connectivity index (χ2n) is 6.85. The van der Waals surface area contributed by atoms with Crippen molar-refractivity contribution < 1.29 is 4.79 Å². The summed E-state index contributed by atoms with van der Waals surface area (Å²) in [5.74, 6) is 1.13. The highest BCUT2D eigenvalue weighted by atomic mass is 16.2. The zero-order valence-corrected chi connectivity index (χ0v) is 12.5. The zero-order valence-electron chi connectivity index (χ0n) is 12.5. The number of rotatable bonds is 6. The van der Waals surface area contributed by atoms with Crippen LogP contribution in [-0.4, -0.2) is 30.9 Å². The lowest BCUT2D eigenvalue weighted by Crippen LogP contribution is -2.47. The van der Waals surface area contributed by atoms with Gasteiger partial charge < -0.3 is 10.6 Å². The summed E-state index contributed by atoms with van der Waals surface area (Å²) in [6.07, 6.45) is 12.3. The smallest absolute Gasteiger partial charge is 0.222 e. The van der Waals surface area contributed by atoms with E-state index in [4.69, 9.17) is 5.73 Å². The average molecular weight is 266 g/mol. The molecule has 0 bridgehead atoms. The first-order valence-electron chi connectivity index (χ1n) is 8.09. The molecule has 0 atom stereocenters. The molecular formula is C16H30N2O. The van der Waals surface area contributed by atoms with E-state index < -0.39 is 0 Å². The lowest BCUT2D eigenvalue weighted by Gasteiger charge is -2.43. The fourth-order valence-corrected chi connectivity index (χ4v) is 3.69. The number of carbonyl (C=O) groups is 1. The van der Waals surface area contributed by atoms with Crippen molar-refractivity contribution in [1.29, 1.82) is 0 Å². The third-order valence-corrected chi connectivity index (χ3v) is 5.34. The molecule has 2 aliphatic rings. The minimum absolute atomic E-state index is 0.245. The molecule has 19 heavy (non-hydrogen) atoms. The molecule has 2 aliphatic carbocycles. The van der Waals surface area contributed by atoms with E-state index in [1.54, 1.807) is 0 Å². The van der Waals surface area contributed by atoms with Gasteiger partial charge in [-0.25, -0.2) is 0 Å². The van der Waals surface area contributed by atoms with Crippen molar-refractivity contribution in [3.05, 3.63) is 0 Å². The summed E-state index contributed by atoms with van der Waals surface area (Å²) in [6.45, 7) is 1.60. The molecule has 2 saturated carbocycles. The molecule has 0 aliphatic heterocycles. The highest BCUT2D eigenvalue weighted by molar-refractivity contribution is 5.75. The van der Waals surface area contributed by atoms with Crippen molar-refractivity contribution in [3.8, 4) is 0 Å². The fourth-order valence-electron chi connectivity index (χ4n) is 3.69. The predicted molar refractivity (Wildman–Crippen MR) is 78.8 cm³/mol. The van der Waals surface area contributed by atoms with Crippen LogP contribution >= 0.6 is 0 Å². The fraction of sp³-hybridized carbons (Fsp3) is 0.938. The molecule has 110 valence electrons. The molecule has 0 heterocycles. The van der Waals surface area contributed by atoms with Gasteiger partial charge in [-0.05, 0) is 31.7 Å². The van der Waals surface area contributed by atoms with Gasteiger partial charge in [0.05, 0.1) is 0 Å². The Morgan fingerprint density at radius 3 is 2.42 bits per heavy atom. The summed E-state index contributed by atoms with van der Waals surface area (Å²) in [7, 11) is 1.96. The van der Waals surface area contributed by atoms with Crippen LogP contribution in [0.3, 0.4) is 0 Å². The highest BCUT2D eigenvalue weighted by Gasteiger charge is 2.37. The first-order chi connectivity index (χ1) is 9.15. The lowest BCUT2D eigenvalue weighted by molar-refractivity contribution is -0.132. The second kappa shape index (κ2) is 6.74. The third-order valence-electron chi connectivity index (χ3n) is 5.34. The first kappa shape index (κ1) is 14.8. The molecular weight excluding hydrogens is 236 g/mol. The van der Waals surface area contributed by atoms with Gasteiger partial charge in [-0.3, -0.25) is 4.79 Å². The molecule has 0 radical (unpaired) electrons. The summed E-state index contributed by atoms with van der Waals surface area (Å²) in [4.78, 5) is 14.1. The SMILES string of the molecule is CN(CC1(CN)CCC1)C(=O)CCC1CCCCC1. The van der Waals surface area contributed by atoms with Crippen LogP contribution in [0, 0.1) is 11.3 Å². The highest BCUT2D eigenvalue weighted by Crippen LogP contribution is 2.40.